The molecule has 0 spiro atoms. The van der Waals surface area contributed by atoms with Gasteiger partial charge in [0.1, 0.15) is 0 Å². The average Bonchev–Trinajstić information content (AvgIpc) is 2.52. The largest absolute Gasteiger partial charge is 0.417 e. The molecule has 2 aromatic rings. The summed E-state index contributed by atoms with van der Waals surface area (Å²) in [5, 5.41) is 2.94. The first-order valence-electron chi connectivity index (χ1n) is 7.07. The molecule has 3 nitrogen and oxygen atoms in total. The third kappa shape index (κ3) is 4.32. The van der Waals surface area contributed by atoms with Gasteiger partial charge < -0.3 is 11.1 Å². The monoisotopic (exact) mass is 322 g/mol. The minimum absolute atomic E-state index is 0.144. The number of amides is 1. The van der Waals surface area contributed by atoms with Crippen LogP contribution < -0.4 is 11.1 Å². The number of carbonyl (C=O) groups is 1. The van der Waals surface area contributed by atoms with Crippen LogP contribution in [-0.2, 0) is 17.5 Å². The summed E-state index contributed by atoms with van der Waals surface area (Å²) in [7, 11) is 0. The summed E-state index contributed by atoms with van der Waals surface area (Å²) in [6, 6.07) is 11.7. The smallest absolute Gasteiger partial charge is 0.368 e. The molecule has 23 heavy (non-hydrogen) atoms. The average molecular weight is 322 g/mol. The number of rotatable bonds is 5. The highest BCUT2D eigenvalue weighted by Gasteiger charge is 2.33. The zero-order valence-electron chi connectivity index (χ0n) is 12.5. The van der Waals surface area contributed by atoms with Crippen LogP contribution in [-0.4, -0.2) is 11.9 Å². The summed E-state index contributed by atoms with van der Waals surface area (Å²) < 4.78 is 39.1. The van der Waals surface area contributed by atoms with Gasteiger partial charge in [0.2, 0.25) is 5.91 Å². The lowest BCUT2D eigenvalue weighted by atomic mass is 9.98. The number of hydrogen-bond donors (Lipinski definition) is 2. The van der Waals surface area contributed by atoms with Gasteiger partial charge in [-0.25, -0.2) is 0 Å². The number of primary amides is 1. The van der Waals surface area contributed by atoms with Gasteiger partial charge in [0.15, 0.2) is 0 Å². The van der Waals surface area contributed by atoms with E-state index in [-0.39, 0.29) is 5.56 Å². The van der Waals surface area contributed by atoms with Gasteiger partial charge in [-0.1, -0.05) is 42.5 Å². The molecule has 1 atom stereocenters. The molecule has 2 rings (SSSR count). The Morgan fingerprint density at radius 3 is 2.30 bits per heavy atom. The molecular formula is C17H17F3N2O. The number of nitrogens with one attached hydrogen (secondary N) is 1. The SMILES string of the molecule is CC(NCc1ccc(-c2ccccc2C(F)(F)F)cc1)C(N)=O. The summed E-state index contributed by atoms with van der Waals surface area (Å²) in [5.41, 5.74) is 5.98. The molecule has 0 saturated heterocycles. The summed E-state index contributed by atoms with van der Waals surface area (Å²) in [4.78, 5) is 10.9. The van der Waals surface area contributed by atoms with Crippen LogP contribution in [0.4, 0.5) is 13.2 Å². The number of hydrogen-bond acceptors (Lipinski definition) is 2. The Balaban J connectivity index is 2.19. The molecule has 0 bridgehead atoms. The van der Waals surface area contributed by atoms with Gasteiger partial charge in [-0.2, -0.15) is 13.2 Å². The van der Waals surface area contributed by atoms with E-state index in [1.165, 1.54) is 12.1 Å². The van der Waals surface area contributed by atoms with Crippen LogP contribution in [0.25, 0.3) is 11.1 Å². The van der Waals surface area contributed by atoms with Crippen LogP contribution in [0.5, 0.6) is 0 Å². The van der Waals surface area contributed by atoms with E-state index in [1.807, 2.05) is 0 Å². The third-order valence-electron chi connectivity index (χ3n) is 3.54. The Bertz CT molecular complexity index is 681. The zero-order chi connectivity index (χ0) is 17.0. The second-order valence-corrected chi connectivity index (χ2v) is 5.25. The molecule has 0 heterocycles. The Kier molecular flexibility index (Phi) is 5.05. The molecule has 3 N–H and O–H groups in total. The lowest BCUT2D eigenvalue weighted by Gasteiger charge is -2.14. The van der Waals surface area contributed by atoms with Crippen LogP contribution >= 0.6 is 0 Å². The van der Waals surface area contributed by atoms with Gasteiger partial charge in [-0.3, -0.25) is 4.79 Å². The predicted octanol–water partition coefficient (Wildman–Crippen LogP) is 3.34. The van der Waals surface area contributed by atoms with Crippen molar-refractivity contribution < 1.29 is 18.0 Å². The number of carbonyl (C=O) groups excluding carboxylic acids is 1. The Morgan fingerprint density at radius 1 is 1.13 bits per heavy atom. The Morgan fingerprint density at radius 2 is 1.74 bits per heavy atom. The van der Waals surface area contributed by atoms with Crippen molar-refractivity contribution in [2.75, 3.05) is 0 Å². The Labute approximate surface area is 132 Å². The summed E-state index contributed by atoms with van der Waals surface area (Å²) >= 11 is 0. The molecule has 0 fully saturated rings. The molecule has 122 valence electrons. The fraction of sp³-hybridized carbons (Fsp3) is 0.235. The second-order valence-electron chi connectivity index (χ2n) is 5.25. The van der Waals surface area contributed by atoms with Gasteiger partial charge in [0, 0.05) is 6.54 Å². The normalized spacial score (nSPS) is 12.9. The van der Waals surface area contributed by atoms with Crippen molar-refractivity contribution in [1.82, 2.24) is 5.32 Å². The van der Waals surface area contributed by atoms with Crippen molar-refractivity contribution >= 4 is 5.91 Å². The minimum Gasteiger partial charge on any atom is -0.368 e. The van der Waals surface area contributed by atoms with Crippen LogP contribution in [0.3, 0.4) is 0 Å². The lowest BCUT2D eigenvalue weighted by molar-refractivity contribution is -0.137. The van der Waals surface area contributed by atoms with Gasteiger partial charge in [-0.05, 0) is 29.7 Å². The van der Waals surface area contributed by atoms with Gasteiger partial charge in [0.05, 0.1) is 11.6 Å². The predicted molar refractivity (Wildman–Crippen MR) is 82.4 cm³/mol. The fourth-order valence-corrected chi connectivity index (χ4v) is 2.16. The number of halogens is 3. The molecule has 0 radical (unpaired) electrons. The van der Waals surface area contributed by atoms with E-state index in [0.29, 0.717) is 12.1 Å². The lowest BCUT2D eigenvalue weighted by Crippen LogP contribution is -2.38. The quantitative estimate of drug-likeness (QED) is 0.887. The maximum atomic E-state index is 13.0. The van der Waals surface area contributed by atoms with E-state index in [1.54, 1.807) is 37.3 Å². The molecule has 1 unspecified atom stereocenters. The molecule has 0 aliphatic carbocycles. The third-order valence-corrected chi connectivity index (χ3v) is 3.54. The maximum absolute atomic E-state index is 13.0. The van der Waals surface area contributed by atoms with Crippen molar-refractivity contribution in [3.05, 3.63) is 59.7 Å². The molecular weight excluding hydrogens is 305 g/mol. The van der Waals surface area contributed by atoms with E-state index in [0.717, 1.165) is 11.6 Å². The van der Waals surface area contributed by atoms with Gasteiger partial charge >= 0.3 is 6.18 Å². The maximum Gasteiger partial charge on any atom is 0.417 e. The Hall–Kier alpha value is -2.34. The van der Waals surface area contributed by atoms with Crippen molar-refractivity contribution in [2.24, 2.45) is 5.73 Å². The number of benzene rings is 2. The standard InChI is InChI=1S/C17H17F3N2O/c1-11(16(21)23)22-10-12-6-8-13(9-7-12)14-4-2-3-5-15(14)17(18,19)20/h2-9,11,22H,10H2,1H3,(H2,21,23). The first-order valence-corrected chi connectivity index (χ1v) is 7.07. The van der Waals surface area contributed by atoms with Crippen molar-refractivity contribution in [3.63, 3.8) is 0 Å². The van der Waals surface area contributed by atoms with Crippen LogP contribution in [0.15, 0.2) is 48.5 Å². The highest BCUT2D eigenvalue weighted by molar-refractivity contribution is 5.79. The fourth-order valence-electron chi connectivity index (χ4n) is 2.16. The highest BCUT2D eigenvalue weighted by Crippen LogP contribution is 2.36. The van der Waals surface area contributed by atoms with Crippen molar-refractivity contribution in [1.29, 1.82) is 0 Å². The van der Waals surface area contributed by atoms with E-state index >= 15 is 0 Å². The van der Waals surface area contributed by atoms with Crippen LogP contribution in [0.1, 0.15) is 18.1 Å². The van der Waals surface area contributed by atoms with Gasteiger partial charge in [0.25, 0.3) is 0 Å². The molecule has 0 aliphatic rings. The molecule has 0 aliphatic heterocycles. The second kappa shape index (κ2) is 6.83. The van der Waals surface area contributed by atoms with Crippen LogP contribution in [0.2, 0.25) is 0 Å². The molecule has 6 heteroatoms. The first kappa shape index (κ1) is 17.0. The minimum atomic E-state index is -4.40. The van der Waals surface area contributed by atoms with Crippen molar-refractivity contribution in [2.45, 2.75) is 25.7 Å². The zero-order valence-corrected chi connectivity index (χ0v) is 12.5. The van der Waals surface area contributed by atoms with Gasteiger partial charge in [-0.15, -0.1) is 0 Å². The van der Waals surface area contributed by atoms with Crippen LogP contribution in [0, 0.1) is 0 Å². The number of nitrogens with two attached hydrogens (primary N) is 1. The van der Waals surface area contributed by atoms with E-state index in [2.05, 4.69) is 5.32 Å². The van der Waals surface area contributed by atoms with E-state index in [9.17, 15) is 18.0 Å². The molecule has 2 aromatic carbocycles. The highest BCUT2D eigenvalue weighted by atomic mass is 19.4. The molecule has 0 aromatic heterocycles. The first-order chi connectivity index (χ1) is 10.8. The topological polar surface area (TPSA) is 55.1 Å². The molecule has 0 saturated carbocycles. The summed E-state index contributed by atoms with van der Waals surface area (Å²) in [6.07, 6.45) is -4.40. The summed E-state index contributed by atoms with van der Waals surface area (Å²) in [5.74, 6) is -0.458. The van der Waals surface area contributed by atoms with Crippen molar-refractivity contribution in [3.8, 4) is 11.1 Å². The van der Waals surface area contributed by atoms with E-state index < -0.39 is 23.7 Å². The number of alkyl halides is 3. The van der Waals surface area contributed by atoms with E-state index in [4.69, 9.17) is 5.73 Å². The summed E-state index contributed by atoms with van der Waals surface area (Å²) in [6.45, 7) is 2.06. The molecule has 1 amide bonds.